The number of nitrogens with zero attached hydrogens (tertiary/aromatic N) is 3. The van der Waals surface area contributed by atoms with Crippen LogP contribution in [-0.4, -0.2) is 70.3 Å². The summed E-state index contributed by atoms with van der Waals surface area (Å²) in [5, 5.41) is 7.49. The van der Waals surface area contributed by atoms with Crippen molar-refractivity contribution >= 4 is 25.8 Å². The summed E-state index contributed by atoms with van der Waals surface area (Å²) in [6.45, 7) is 21.2. The molecule has 1 fully saturated rings. The van der Waals surface area contributed by atoms with E-state index in [1.54, 1.807) is 0 Å². The molecule has 1 unspecified atom stereocenters. The molecule has 2 heterocycles. The van der Waals surface area contributed by atoms with Crippen molar-refractivity contribution in [3.63, 3.8) is 0 Å². The van der Waals surface area contributed by atoms with Crippen molar-refractivity contribution in [1.29, 1.82) is 0 Å². The van der Waals surface area contributed by atoms with Gasteiger partial charge < -0.3 is 33.5 Å². The number of hydrogen-bond acceptors (Lipinski definition) is 8. The maximum atomic E-state index is 13.3. The van der Waals surface area contributed by atoms with Crippen LogP contribution in [0.2, 0.25) is 18.1 Å². The van der Waals surface area contributed by atoms with Crippen LogP contribution >= 0.6 is 0 Å². The summed E-state index contributed by atoms with van der Waals surface area (Å²) in [6, 6.07) is 6.56. The molecule has 10 heteroatoms. The van der Waals surface area contributed by atoms with Crippen molar-refractivity contribution in [2.45, 2.75) is 129 Å². The van der Waals surface area contributed by atoms with E-state index in [2.05, 4.69) is 79.4 Å². The van der Waals surface area contributed by atoms with Crippen LogP contribution in [0.3, 0.4) is 0 Å². The second-order valence-corrected chi connectivity index (χ2v) is 19.6. The minimum Gasteiger partial charge on any atom is -0.444 e. The molecular weight excluding hydrogens is 560 g/mol. The van der Waals surface area contributed by atoms with Gasteiger partial charge in [0.1, 0.15) is 17.5 Å². The largest absolute Gasteiger partial charge is 0.444 e. The minimum atomic E-state index is -2.11. The normalized spacial score (nSPS) is 22.0. The molecule has 1 aromatic heterocycles. The second-order valence-electron chi connectivity index (χ2n) is 14.8. The van der Waals surface area contributed by atoms with Crippen molar-refractivity contribution < 1.29 is 23.2 Å². The summed E-state index contributed by atoms with van der Waals surface area (Å²) in [6.07, 6.45) is 3.72. The van der Waals surface area contributed by atoms with Crippen molar-refractivity contribution in [3.05, 3.63) is 29.7 Å². The Labute approximate surface area is 259 Å². The number of aromatic nitrogens is 1. The molecule has 9 nitrogen and oxygen atoms in total. The summed E-state index contributed by atoms with van der Waals surface area (Å²) < 4.78 is 23.8. The van der Waals surface area contributed by atoms with Gasteiger partial charge in [0.15, 0.2) is 8.32 Å². The summed E-state index contributed by atoms with van der Waals surface area (Å²) in [5.74, 6) is 0.802. The quantitative estimate of drug-likeness (QED) is 0.308. The van der Waals surface area contributed by atoms with E-state index in [0.717, 1.165) is 59.6 Å². The predicted molar refractivity (Wildman–Crippen MR) is 175 cm³/mol. The van der Waals surface area contributed by atoms with Crippen LogP contribution in [0, 0.1) is 13.8 Å². The number of ether oxygens (including phenoxy) is 2. The van der Waals surface area contributed by atoms with E-state index >= 15 is 0 Å². The van der Waals surface area contributed by atoms with Gasteiger partial charge in [0.05, 0.1) is 35.8 Å². The van der Waals surface area contributed by atoms with Crippen molar-refractivity contribution in [2.75, 3.05) is 30.6 Å². The van der Waals surface area contributed by atoms with Crippen LogP contribution in [0.1, 0.15) is 78.7 Å². The Hall–Kier alpha value is -2.56. The van der Waals surface area contributed by atoms with Crippen LogP contribution in [-0.2, 0) is 13.9 Å². The number of hydrogen-bond donors (Lipinski definition) is 1. The van der Waals surface area contributed by atoms with E-state index in [1.807, 2.05) is 41.7 Å². The number of benzene rings is 1. The molecule has 0 radical (unpaired) electrons. The van der Waals surface area contributed by atoms with Gasteiger partial charge >= 0.3 is 6.09 Å². The SMILES string of the molecule is CO[C@H]1CC[C@H](N2c3ccc(-c4c(C)noc4C)cc3N(C)C2[C@@H](CO[Si](C)(C)C(C)(C)C)NC(=O)OC(C)(C)C)CC1. The molecule has 0 saturated heterocycles. The fourth-order valence-electron chi connectivity index (χ4n) is 6.16. The van der Waals surface area contributed by atoms with Crippen LogP contribution in [0.5, 0.6) is 0 Å². The van der Waals surface area contributed by atoms with Crippen LogP contribution in [0.15, 0.2) is 22.7 Å². The van der Waals surface area contributed by atoms with Crippen LogP contribution < -0.4 is 15.1 Å². The number of carbonyl (C=O) groups excluding carboxylic acids is 1. The van der Waals surface area contributed by atoms with Gasteiger partial charge in [-0.25, -0.2) is 4.79 Å². The lowest BCUT2D eigenvalue weighted by Crippen LogP contribution is -2.62. The summed E-state index contributed by atoms with van der Waals surface area (Å²) >= 11 is 0. The monoisotopic (exact) mass is 614 g/mol. The third-order valence-corrected chi connectivity index (χ3v) is 14.0. The molecule has 2 aromatic rings. The molecule has 1 N–H and O–H groups in total. The van der Waals surface area contributed by atoms with Gasteiger partial charge in [-0.05, 0) is 96.1 Å². The van der Waals surface area contributed by atoms with Crippen molar-refractivity contribution in [1.82, 2.24) is 10.5 Å². The van der Waals surface area contributed by atoms with Crippen molar-refractivity contribution in [2.24, 2.45) is 0 Å². The lowest BCUT2D eigenvalue weighted by molar-refractivity contribution is 0.0467. The average molecular weight is 615 g/mol. The number of amides is 1. The lowest BCUT2D eigenvalue weighted by Gasteiger charge is -2.45. The summed E-state index contributed by atoms with van der Waals surface area (Å²) in [5.41, 5.74) is 4.63. The first-order valence-electron chi connectivity index (χ1n) is 15.7. The second kappa shape index (κ2) is 12.4. The number of nitrogens with one attached hydrogen (secondary N) is 1. The number of methoxy groups -OCH3 is 1. The number of alkyl carbamates (subject to hydrolysis) is 1. The van der Waals surface area contributed by atoms with Gasteiger partial charge in [-0.15, -0.1) is 0 Å². The van der Waals surface area contributed by atoms with E-state index in [4.69, 9.17) is 18.4 Å². The number of aryl methyl sites for hydroxylation is 2. The van der Waals surface area contributed by atoms with Gasteiger partial charge in [-0.1, -0.05) is 32.0 Å². The highest BCUT2D eigenvalue weighted by molar-refractivity contribution is 6.74. The predicted octanol–water partition coefficient (Wildman–Crippen LogP) is 7.41. The molecular formula is C33H54N4O5Si. The molecule has 0 bridgehead atoms. The zero-order valence-electron chi connectivity index (χ0n) is 28.5. The highest BCUT2D eigenvalue weighted by atomic mass is 28.4. The topological polar surface area (TPSA) is 89.3 Å². The maximum absolute atomic E-state index is 13.3. The molecule has 1 aliphatic heterocycles. The number of anilines is 2. The summed E-state index contributed by atoms with van der Waals surface area (Å²) in [7, 11) is 1.82. The molecule has 1 aliphatic carbocycles. The average Bonchev–Trinajstić information content (AvgIpc) is 3.39. The molecule has 1 amide bonds. The lowest BCUT2D eigenvalue weighted by atomic mass is 9.91. The Kier molecular flexibility index (Phi) is 9.64. The fourth-order valence-corrected chi connectivity index (χ4v) is 7.19. The molecule has 240 valence electrons. The smallest absolute Gasteiger partial charge is 0.408 e. The van der Waals surface area contributed by atoms with Gasteiger partial charge in [-0.3, -0.25) is 0 Å². The van der Waals surface area contributed by atoms with E-state index in [1.165, 1.54) is 0 Å². The first kappa shape index (κ1) is 33.3. The number of likely N-dealkylation sites (N-methyl/N-ethyl adjacent to an activating group) is 1. The van der Waals surface area contributed by atoms with E-state index < -0.39 is 20.0 Å². The molecule has 2 atom stereocenters. The van der Waals surface area contributed by atoms with E-state index in [9.17, 15) is 4.79 Å². The Morgan fingerprint density at radius 2 is 1.74 bits per heavy atom. The Balaban J connectivity index is 1.76. The molecule has 4 rings (SSSR count). The third-order valence-electron chi connectivity index (χ3n) is 9.50. The van der Waals surface area contributed by atoms with Crippen LogP contribution in [0.25, 0.3) is 11.1 Å². The van der Waals surface area contributed by atoms with E-state index in [0.29, 0.717) is 12.6 Å². The third kappa shape index (κ3) is 7.23. The van der Waals surface area contributed by atoms with Gasteiger partial charge in [0.25, 0.3) is 0 Å². The Morgan fingerprint density at radius 3 is 2.28 bits per heavy atom. The first-order chi connectivity index (χ1) is 19.9. The van der Waals surface area contributed by atoms with Crippen LogP contribution in [0.4, 0.5) is 16.2 Å². The first-order valence-corrected chi connectivity index (χ1v) is 18.6. The maximum Gasteiger partial charge on any atom is 0.408 e. The Morgan fingerprint density at radius 1 is 1.09 bits per heavy atom. The Bertz CT molecular complexity index is 1250. The zero-order valence-corrected chi connectivity index (χ0v) is 29.5. The molecule has 2 aliphatic rings. The van der Waals surface area contributed by atoms with Gasteiger partial charge in [0, 0.05) is 25.8 Å². The van der Waals surface area contributed by atoms with Crippen molar-refractivity contribution in [3.8, 4) is 11.1 Å². The van der Waals surface area contributed by atoms with E-state index in [-0.39, 0.29) is 23.3 Å². The van der Waals surface area contributed by atoms with Gasteiger partial charge in [0.2, 0.25) is 0 Å². The number of fused-ring (bicyclic) bond motifs is 1. The summed E-state index contributed by atoms with van der Waals surface area (Å²) in [4.78, 5) is 18.2. The standard InChI is InChI=1S/C33H54N4O5Si/c1-21-29(22(2)42-35-21)23-13-18-27-28(19-23)36(9)30(37(27)24-14-16-25(39-10)17-15-24)26(34-31(38)41-32(3,4)5)20-40-43(11,12)33(6,7)8/h13,18-19,24-26,30H,14-17,20H2,1-12H3,(H,34,38)/t24-,25-,26-,30?/m1/s1. The zero-order chi connectivity index (χ0) is 31.9. The number of carbonyl (C=O) groups is 1. The highest BCUT2D eigenvalue weighted by Gasteiger charge is 2.46. The number of rotatable bonds is 8. The molecule has 0 spiro atoms. The van der Waals surface area contributed by atoms with Gasteiger partial charge in [-0.2, -0.15) is 0 Å². The highest BCUT2D eigenvalue weighted by Crippen LogP contribution is 2.46. The molecule has 1 aromatic carbocycles. The molecule has 1 saturated carbocycles. The minimum absolute atomic E-state index is 0.0372. The fraction of sp³-hybridized carbons (Fsp3) is 0.697. The molecule has 43 heavy (non-hydrogen) atoms.